The molecule has 0 radical (unpaired) electrons. The predicted octanol–water partition coefficient (Wildman–Crippen LogP) is 5.97. The van der Waals surface area contributed by atoms with Crippen molar-refractivity contribution in [2.45, 2.75) is 52.1 Å². The Morgan fingerprint density at radius 1 is 1.18 bits per heavy atom. The average Bonchev–Trinajstić information content (AvgIpc) is 3.18. The molecule has 1 aliphatic carbocycles. The van der Waals surface area contributed by atoms with Gasteiger partial charge in [0.05, 0.1) is 11.7 Å². The second kappa shape index (κ2) is 7.73. The van der Waals surface area contributed by atoms with Gasteiger partial charge in [-0.25, -0.2) is 0 Å². The van der Waals surface area contributed by atoms with E-state index in [9.17, 15) is 5.26 Å². The van der Waals surface area contributed by atoms with Gasteiger partial charge in [-0.3, -0.25) is 0 Å². The highest BCUT2D eigenvalue weighted by molar-refractivity contribution is 7.17. The van der Waals surface area contributed by atoms with Gasteiger partial charge in [-0.2, -0.15) is 5.26 Å². The molecule has 0 aliphatic heterocycles. The van der Waals surface area contributed by atoms with E-state index in [1.54, 1.807) is 11.3 Å². The van der Waals surface area contributed by atoms with Crippen molar-refractivity contribution in [1.82, 2.24) is 10.2 Å². The molecule has 0 fully saturated rings. The molecule has 1 atom stereocenters. The Hall–Kier alpha value is -2.71. The summed E-state index contributed by atoms with van der Waals surface area (Å²) in [5.41, 5.74) is 5.49. The van der Waals surface area contributed by atoms with E-state index in [-0.39, 0.29) is 6.10 Å². The Kier molecular flexibility index (Phi) is 5.15. The number of rotatable bonds is 4. The normalized spacial score (nSPS) is 15.9. The summed E-state index contributed by atoms with van der Waals surface area (Å²) >= 11 is 1.58. The van der Waals surface area contributed by atoms with Crippen LogP contribution in [0.15, 0.2) is 36.4 Å². The van der Waals surface area contributed by atoms with Crippen LogP contribution in [-0.4, -0.2) is 16.3 Å². The van der Waals surface area contributed by atoms with Gasteiger partial charge in [0.15, 0.2) is 0 Å². The average molecular weight is 390 g/mol. The highest BCUT2D eigenvalue weighted by Crippen LogP contribution is 2.39. The van der Waals surface area contributed by atoms with Crippen molar-refractivity contribution in [3.63, 3.8) is 0 Å². The zero-order valence-electron chi connectivity index (χ0n) is 16.4. The lowest BCUT2D eigenvalue weighted by molar-refractivity contribution is 0.242. The fraction of sp³-hybridized carbons (Fsp3) is 0.348. The molecule has 0 N–H and O–H groups in total. The predicted molar refractivity (Wildman–Crippen MR) is 113 cm³/mol. The second-order valence-corrected chi connectivity index (χ2v) is 8.55. The van der Waals surface area contributed by atoms with E-state index in [0.717, 1.165) is 22.0 Å². The maximum atomic E-state index is 9.48. The molecule has 1 heterocycles. The van der Waals surface area contributed by atoms with Crippen LogP contribution in [0.4, 0.5) is 0 Å². The number of fused-ring (bicyclic) bond motifs is 1. The van der Waals surface area contributed by atoms with Gasteiger partial charge >= 0.3 is 0 Å². The van der Waals surface area contributed by atoms with Crippen molar-refractivity contribution < 1.29 is 4.74 Å². The summed E-state index contributed by atoms with van der Waals surface area (Å²) in [5, 5.41) is 20.1. The van der Waals surface area contributed by atoms with E-state index < -0.39 is 0 Å². The van der Waals surface area contributed by atoms with Crippen LogP contribution < -0.4 is 4.74 Å². The van der Waals surface area contributed by atoms with Crippen LogP contribution in [-0.2, 0) is 6.42 Å². The molecule has 0 saturated heterocycles. The van der Waals surface area contributed by atoms with Crippen LogP contribution in [0.1, 0.15) is 56.2 Å². The van der Waals surface area contributed by atoms with Gasteiger partial charge < -0.3 is 4.74 Å². The van der Waals surface area contributed by atoms with Gasteiger partial charge in [0.1, 0.15) is 21.8 Å². The lowest BCUT2D eigenvalue weighted by Gasteiger charge is -2.23. The molecule has 2 aromatic carbocycles. The minimum Gasteiger partial charge on any atom is -0.490 e. The van der Waals surface area contributed by atoms with E-state index in [4.69, 9.17) is 4.74 Å². The highest BCUT2D eigenvalue weighted by atomic mass is 32.1. The molecular formula is C23H23N3OS. The minimum absolute atomic E-state index is 0.0257. The Morgan fingerprint density at radius 3 is 2.79 bits per heavy atom. The fourth-order valence-electron chi connectivity index (χ4n) is 3.84. The van der Waals surface area contributed by atoms with Gasteiger partial charge in [-0.15, -0.1) is 10.2 Å². The van der Waals surface area contributed by atoms with E-state index in [0.29, 0.717) is 17.2 Å². The third-order valence-electron chi connectivity index (χ3n) is 5.17. The first-order valence-corrected chi connectivity index (χ1v) is 10.5. The van der Waals surface area contributed by atoms with Gasteiger partial charge in [0, 0.05) is 11.1 Å². The molecular weight excluding hydrogens is 366 g/mol. The van der Waals surface area contributed by atoms with Gasteiger partial charge in [-0.1, -0.05) is 36.5 Å². The van der Waals surface area contributed by atoms with Crippen molar-refractivity contribution in [2.24, 2.45) is 0 Å². The Labute approximate surface area is 169 Å². The summed E-state index contributed by atoms with van der Waals surface area (Å²) in [4.78, 5) is 0. The Balaban J connectivity index is 1.70. The van der Waals surface area contributed by atoms with Crippen molar-refractivity contribution in [2.75, 3.05) is 0 Å². The molecule has 4 nitrogen and oxygen atoms in total. The molecule has 0 amide bonds. The number of ether oxygens (including phenoxy) is 1. The quantitative estimate of drug-likeness (QED) is 0.551. The maximum absolute atomic E-state index is 9.48. The standard InChI is InChI=1S/C23H23N3OS/c1-14(2)27-21-11-10-16(12-17(21)13-24)22-25-26-23(28-22)20-9-5-7-18-15(3)6-4-8-19(18)20/h5,7,9-12,14-15H,4,6,8H2,1-3H3. The van der Waals surface area contributed by atoms with Crippen molar-refractivity contribution in [3.05, 3.63) is 53.1 Å². The van der Waals surface area contributed by atoms with E-state index >= 15 is 0 Å². The molecule has 4 rings (SSSR count). The molecule has 0 bridgehead atoms. The van der Waals surface area contributed by atoms with Crippen LogP contribution in [0.25, 0.3) is 21.1 Å². The Bertz CT molecular complexity index is 1050. The highest BCUT2D eigenvalue weighted by Gasteiger charge is 2.21. The number of benzene rings is 2. The smallest absolute Gasteiger partial charge is 0.148 e. The van der Waals surface area contributed by atoms with Crippen LogP contribution in [0.2, 0.25) is 0 Å². The molecule has 1 aliphatic rings. The monoisotopic (exact) mass is 389 g/mol. The lowest BCUT2D eigenvalue weighted by Crippen LogP contribution is -2.08. The Morgan fingerprint density at radius 2 is 2.00 bits per heavy atom. The zero-order chi connectivity index (χ0) is 19.7. The molecule has 0 spiro atoms. The molecule has 1 unspecified atom stereocenters. The number of hydrogen-bond acceptors (Lipinski definition) is 5. The molecule has 142 valence electrons. The van der Waals surface area contributed by atoms with Gasteiger partial charge in [-0.05, 0) is 68.4 Å². The minimum atomic E-state index is 0.0257. The van der Waals surface area contributed by atoms with E-state index in [2.05, 4.69) is 41.4 Å². The SMILES string of the molecule is CC(C)Oc1ccc(-c2nnc(-c3cccc4c3CCCC4C)s2)cc1C#N. The first kappa shape index (κ1) is 18.6. The number of nitrogens with zero attached hydrogens (tertiary/aromatic N) is 3. The molecule has 28 heavy (non-hydrogen) atoms. The number of hydrogen-bond donors (Lipinski definition) is 0. The third-order valence-corrected chi connectivity index (χ3v) is 6.18. The summed E-state index contributed by atoms with van der Waals surface area (Å²) in [7, 11) is 0. The maximum Gasteiger partial charge on any atom is 0.148 e. The summed E-state index contributed by atoms with van der Waals surface area (Å²) in [6.45, 7) is 6.21. The van der Waals surface area contributed by atoms with Crippen molar-refractivity contribution in [3.8, 4) is 33.0 Å². The molecule has 1 aromatic heterocycles. The second-order valence-electron chi connectivity index (χ2n) is 7.57. The van der Waals surface area contributed by atoms with Crippen LogP contribution in [0, 0.1) is 11.3 Å². The molecule has 5 heteroatoms. The van der Waals surface area contributed by atoms with E-state index in [1.165, 1.54) is 29.5 Å². The summed E-state index contributed by atoms with van der Waals surface area (Å²) in [5.74, 6) is 1.21. The number of nitriles is 1. The van der Waals surface area contributed by atoms with Crippen LogP contribution >= 0.6 is 11.3 Å². The molecule has 0 saturated carbocycles. The van der Waals surface area contributed by atoms with Crippen LogP contribution in [0.5, 0.6) is 5.75 Å². The van der Waals surface area contributed by atoms with E-state index in [1.807, 2.05) is 32.0 Å². The molecule has 3 aromatic rings. The summed E-state index contributed by atoms with van der Waals surface area (Å²) in [6, 6.07) is 14.4. The largest absolute Gasteiger partial charge is 0.490 e. The summed E-state index contributed by atoms with van der Waals surface area (Å²) in [6.07, 6.45) is 3.60. The van der Waals surface area contributed by atoms with Crippen molar-refractivity contribution in [1.29, 1.82) is 5.26 Å². The third kappa shape index (κ3) is 3.53. The lowest BCUT2D eigenvalue weighted by atomic mass is 9.82. The van der Waals surface area contributed by atoms with Crippen LogP contribution in [0.3, 0.4) is 0 Å². The number of aromatic nitrogens is 2. The first-order chi connectivity index (χ1) is 13.6. The first-order valence-electron chi connectivity index (χ1n) is 9.73. The fourth-order valence-corrected chi connectivity index (χ4v) is 4.73. The van der Waals surface area contributed by atoms with Gasteiger partial charge in [0.2, 0.25) is 0 Å². The summed E-state index contributed by atoms with van der Waals surface area (Å²) < 4.78 is 5.72. The van der Waals surface area contributed by atoms with Gasteiger partial charge in [0.25, 0.3) is 0 Å². The van der Waals surface area contributed by atoms with Crippen molar-refractivity contribution >= 4 is 11.3 Å². The zero-order valence-corrected chi connectivity index (χ0v) is 17.2. The topological polar surface area (TPSA) is 58.8 Å².